The van der Waals surface area contributed by atoms with Crippen LogP contribution in [0.3, 0.4) is 0 Å². The van der Waals surface area contributed by atoms with E-state index in [1.165, 1.54) is 4.90 Å². The van der Waals surface area contributed by atoms with Gasteiger partial charge in [0.15, 0.2) is 0 Å². The molecule has 0 rings (SSSR count). The number of hydrogen-bond acceptors (Lipinski definition) is 3. The van der Waals surface area contributed by atoms with Gasteiger partial charge in [0, 0.05) is 26.3 Å². The first kappa shape index (κ1) is 18.4. The van der Waals surface area contributed by atoms with Gasteiger partial charge in [-0.25, -0.2) is 4.79 Å². The second-order valence-corrected chi connectivity index (χ2v) is 8.06. The summed E-state index contributed by atoms with van der Waals surface area (Å²) in [6.45, 7) is 10.5. The number of amides is 1. The van der Waals surface area contributed by atoms with Crippen LogP contribution >= 0.6 is 0 Å². The summed E-state index contributed by atoms with van der Waals surface area (Å²) >= 11 is 0. The van der Waals surface area contributed by atoms with Crippen molar-refractivity contribution < 1.29 is 18.8 Å². The lowest BCUT2D eigenvalue weighted by Crippen LogP contribution is -2.41. The third-order valence-corrected chi connectivity index (χ3v) is 7.06. The normalized spacial score (nSPS) is 11.6. The summed E-state index contributed by atoms with van der Waals surface area (Å²) in [7, 11) is -2.04. The first-order valence-corrected chi connectivity index (χ1v) is 9.54. The average molecular weight is 291 g/mol. The van der Waals surface area contributed by atoms with Gasteiger partial charge < -0.3 is 18.9 Å². The standard InChI is InChI=1S/C13H29NO4Si/c1-5-14(13(15)16)11-9-10-12-19(8-4,17-6-2)18-7-3/h5-12H2,1-4H3,(H,15,16). The van der Waals surface area contributed by atoms with Crippen molar-refractivity contribution in [2.24, 2.45) is 0 Å². The fourth-order valence-corrected chi connectivity index (χ4v) is 5.15. The van der Waals surface area contributed by atoms with E-state index in [0.717, 1.165) is 24.9 Å². The van der Waals surface area contributed by atoms with Gasteiger partial charge in [-0.3, -0.25) is 0 Å². The van der Waals surface area contributed by atoms with Crippen molar-refractivity contribution in [1.29, 1.82) is 0 Å². The summed E-state index contributed by atoms with van der Waals surface area (Å²) in [5.41, 5.74) is 0. The molecule has 114 valence electrons. The molecule has 0 aromatic heterocycles. The first-order chi connectivity index (χ1) is 9.05. The van der Waals surface area contributed by atoms with Crippen LogP contribution in [0, 0.1) is 0 Å². The summed E-state index contributed by atoms with van der Waals surface area (Å²) < 4.78 is 11.8. The van der Waals surface area contributed by atoms with Gasteiger partial charge in [-0.1, -0.05) is 6.92 Å². The van der Waals surface area contributed by atoms with E-state index in [4.69, 9.17) is 14.0 Å². The molecule has 0 aliphatic carbocycles. The molecule has 0 aliphatic heterocycles. The van der Waals surface area contributed by atoms with Gasteiger partial charge in [0.2, 0.25) is 0 Å². The number of carbonyl (C=O) groups is 1. The van der Waals surface area contributed by atoms with Crippen molar-refractivity contribution in [2.45, 2.75) is 52.6 Å². The number of rotatable bonds is 11. The van der Waals surface area contributed by atoms with Gasteiger partial charge >= 0.3 is 14.7 Å². The molecule has 1 amide bonds. The summed E-state index contributed by atoms with van der Waals surface area (Å²) in [5, 5.41) is 8.93. The Morgan fingerprint density at radius 2 is 1.68 bits per heavy atom. The van der Waals surface area contributed by atoms with Gasteiger partial charge in [0.25, 0.3) is 0 Å². The lowest BCUT2D eigenvalue weighted by molar-refractivity contribution is 0.146. The maximum absolute atomic E-state index is 10.9. The zero-order valence-electron chi connectivity index (χ0n) is 12.8. The molecule has 6 heteroatoms. The first-order valence-electron chi connectivity index (χ1n) is 7.30. The van der Waals surface area contributed by atoms with Crippen LogP contribution in [-0.4, -0.2) is 51.0 Å². The molecule has 0 radical (unpaired) electrons. The van der Waals surface area contributed by atoms with Crippen LogP contribution in [0.25, 0.3) is 0 Å². The van der Waals surface area contributed by atoms with Crippen LogP contribution in [-0.2, 0) is 8.85 Å². The molecule has 0 bridgehead atoms. The fourth-order valence-electron chi connectivity index (χ4n) is 2.18. The van der Waals surface area contributed by atoms with Crippen molar-refractivity contribution in [2.75, 3.05) is 26.3 Å². The van der Waals surface area contributed by atoms with Crippen molar-refractivity contribution in [3.05, 3.63) is 0 Å². The van der Waals surface area contributed by atoms with Gasteiger partial charge in [-0.2, -0.15) is 0 Å². The average Bonchev–Trinajstić information content (AvgIpc) is 2.38. The van der Waals surface area contributed by atoms with Gasteiger partial charge in [0.05, 0.1) is 0 Å². The maximum atomic E-state index is 10.9. The lowest BCUT2D eigenvalue weighted by Gasteiger charge is -2.29. The van der Waals surface area contributed by atoms with Gasteiger partial charge in [0.1, 0.15) is 0 Å². The molecular weight excluding hydrogens is 262 g/mol. The van der Waals surface area contributed by atoms with E-state index in [2.05, 4.69) is 6.92 Å². The molecule has 0 aliphatic rings. The molecule has 0 heterocycles. The highest BCUT2D eigenvalue weighted by atomic mass is 28.4. The number of hydrogen-bond donors (Lipinski definition) is 1. The Hall–Kier alpha value is -0.593. The van der Waals surface area contributed by atoms with E-state index in [0.29, 0.717) is 26.3 Å². The van der Waals surface area contributed by atoms with E-state index < -0.39 is 14.7 Å². The lowest BCUT2D eigenvalue weighted by atomic mass is 10.3. The summed E-state index contributed by atoms with van der Waals surface area (Å²) in [6, 6.07) is 1.90. The fraction of sp³-hybridized carbons (Fsp3) is 0.923. The molecule has 0 saturated heterocycles. The molecule has 1 N–H and O–H groups in total. The molecular formula is C13H29NO4Si. The minimum Gasteiger partial charge on any atom is -0.465 e. The summed E-state index contributed by atoms with van der Waals surface area (Å²) in [6.07, 6.45) is 0.995. The van der Waals surface area contributed by atoms with Gasteiger partial charge in [-0.15, -0.1) is 0 Å². The zero-order valence-corrected chi connectivity index (χ0v) is 13.8. The molecule has 19 heavy (non-hydrogen) atoms. The number of carboxylic acid groups (broad SMARTS) is 1. The zero-order chi connectivity index (χ0) is 14.7. The Morgan fingerprint density at radius 1 is 1.11 bits per heavy atom. The van der Waals surface area contributed by atoms with E-state index in [1.54, 1.807) is 0 Å². The number of unbranched alkanes of at least 4 members (excludes halogenated alkanes) is 1. The van der Waals surface area contributed by atoms with Crippen LogP contribution in [0.5, 0.6) is 0 Å². The molecule has 0 aromatic carbocycles. The highest BCUT2D eigenvalue weighted by Crippen LogP contribution is 2.22. The van der Waals surface area contributed by atoms with Crippen LogP contribution < -0.4 is 0 Å². The minimum atomic E-state index is -2.04. The molecule has 0 atom stereocenters. The van der Waals surface area contributed by atoms with E-state index >= 15 is 0 Å². The highest BCUT2D eigenvalue weighted by Gasteiger charge is 2.34. The topological polar surface area (TPSA) is 59.0 Å². The van der Waals surface area contributed by atoms with E-state index in [-0.39, 0.29) is 0 Å². The molecule has 5 nitrogen and oxygen atoms in total. The quantitative estimate of drug-likeness (QED) is 0.469. The highest BCUT2D eigenvalue weighted by molar-refractivity contribution is 6.67. The molecule has 0 fully saturated rings. The molecule has 0 unspecified atom stereocenters. The van der Waals surface area contributed by atoms with Crippen LogP contribution in [0.15, 0.2) is 0 Å². The van der Waals surface area contributed by atoms with Gasteiger partial charge in [-0.05, 0) is 45.7 Å². The van der Waals surface area contributed by atoms with Crippen LogP contribution in [0.1, 0.15) is 40.5 Å². The Bertz CT molecular complexity index is 245. The Labute approximate surface area is 118 Å². The van der Waals surface area contributed by atoms with Crippen LogP contribution in [0.4, 0.5) is 4.79 Å². The SMILES string of the molecule is CCO[Si](CC)(CCCCN(CC)C(=O)O)OCC. The third kappa shape index (κ3) is 6.94. The Kier molecular flexibility index (Phi) is 9.91. The van der Waals surface area contributed by atoms with E-state index in [9.17, 15) is 4.79 Å². The predicted octanol–water partition coefficient (Wildman–Crippen LogP) is 3.30. The number of nitrogens with zero attached hydrogens (tertiary/aromatic N) is 1. The second-order valence-electron chi connectivity index (χ2n) is 4.45. The predicted molar refractivity (Wildman–Crippen MR) is 78.8 cm³/mol. The van der Waals surface area contributed by atoms with Crippen LogP contribution in [0.2, 0.25) is 12.1 Å². The molecule has 0 aromatic rings. The molecule has 0 saturated carbocycles. The summed E-state index contributed by atoms with van der Waals surface area (Å²) in [5.74, 6) is 0. The van der Waals surface area contributed by atoms with E-state index in [1.807, 2.05) is 20.8 Å². The van der Waals surface area contributed by atoms with Crippen molar-refractivity contribution in [1.82, 2.24) is 4.90 Å². The Balaban J connectivity index is 4.14. The second kappa shape index (κ2) is 10.2. The maximum Gasteiger partial charge on any atom is 0.407 e. The Morgan fingerprint density at radius 3 is 2.05 bits per heavy atom. The third-order valence-electron chi connectivity index (χ3n) is 3.24. The summed E-state index contributed by atoms with van der Waals surface area (Å²) in [4.78, 5) is 12.3. The smallest absolute Gasteiger partial charge is 0.407 e. The molecule has 0 spiro atoms. The monoisotopic (exact) mass is 291 g/mol. The van der Waals surface area contributed by atoms with Crippen molar-refractivity contribution in [3.8, 4) is 0 Å². The minimum absolute atomic E-state index is 0.544. The largest absolute Gasteiger partial charge is 0.465 e. The van der Waals surface area contributed by atoms with Crippen molar-refractivity contribution in [3.63, 3.8) is 0 Å². The van der Waals surface area contributed by atoms with Crippen molar-refractivity contribution >= 4 is 14.7 Å².